The Morgan fingerprint density at radius 2 is 2.12 bits per heavy atom. The number of aromatic hydroxyl groups is 1. The number of hydrogen-bond acceptors (Lipinski definition) is 3. The first-order valence-corrected chi connectivity index (χ1v) is 5.75. The summed E-state index contributed by atoms with van der Waals surface area (Å²) in [7, 11) is 0. The third-order valence-corrected chi connectivity index (χ3v) is 3.29. The zero-order valence-corrected chi connectivity index (χ0v) is 9.75. The lowest BCUT2D eigenvalue weighted by atomic mass is 10.1. The first-order valence-electron chi connectivity index (χ1n) is 5.12. The van der Waals surface area contributed by atoms with E-state index in [1.165, 1.54) is 4.90 Å². The van der Waals surface area contributed by atoms with E-state index in [4.69, 9.17) is 0 Å². The summed E-state index contributed by atoms with van der Waals surface area (Å²) in [5.74, 6) is -2.22. The molecule has 1 atom stereocenters. The molecule has 6 heteroatoms. The van der Waals surface area contributed by atoms with Gasteiger partial charge in [0.2, 0.25) is 5.91 Å². The lowest BCUT2D eigenvalue weighted by Gasteiger charge is -2.17. The van der Waals surface area contributed by atoms with E-state index in [1.54, 1.807) is 0 Å². The van der Waals surface area contributed by atoms with Crippen molar-refractivity contribution < 1.29 is 18.7 Å². The number of phenols is 1. The number of rotatable bonds is 2. The molecule has 1 aromatic rings. The second kappa shape index (κ2) is 4.52. The van der Waals surface area contributed by atoms with E-state index in [9.17, 15) is 18.7 Å². The van der Waals surface area contributed by atoms with Crippen LogP contribution in [0.2, 0.25) is 0 Å². The highest BCUT2D eigenvalue weighted by Gasteiger charge is 2.31. The van der Waals surface area contributed by atoms with E-state index in [2.05, 4.69) is 12.6 Å². The van der Waals surface area contributed by atoms with Crippen LogP contribution < -0.4 is 4.90 Å². The number of amides is 1. The number of phenolic OH excluding ortho intramolecular Hbond substituents is 1. The molecule has 92 valence electrons. The summed E-state index contributed by atoms with van der Waals surface area (Å²) in [6.07, 6.45) is 0.293. The predicted molar refractivity (Wildman–Crippen MR) is 62.3 cm³/mol. The highest BCUT2D eigenvalue weighted by molar-refractivity contribution is 7.80. The summed E-state index contributed by atoms with van der Waals surface area (Å²) in [5, 5.41) is 9.20. The lowest BCUT2D eigenvalue weighted by molar-refractivity contribution is -0.117. The van der Waals surface area contributed by atoms with Crippen molar-refractivity contribution in [3.63, 3.8) is 0 Å². The summed E-state index contributed by atoms with van der Waals surface area (Å²) in [5.41, 5.74) is -0.0850. The summed E-state index contributed by atoms with van der Waals surface area (Å²) in [6.45, 7) is 0.338. The first-order chi connectivity index (χ1) is 8.02. The molecule has 1 aliphatic heterocycles. The van der Waals surface area contributed by atoms with Gasteiger partial charge in [-0.1, -0.05) is 0 Å². The van der Waals surface area contributed by atoms with Crippen molar-refractivity contribution in [1.29, 1.82) is 0 Å². The Morgan fingerprint density at radius 1 is 1.41 bits per heavy atom. The largest absolute Gasteiger partial charge is 0.505 e. The minimum Gasteiger partial charge on any atom is -0.505 e. The van der Waals surface area contributed by atoms with Crippen molar-refractivity contribution in [3.05, 3.63) is 23.8 Å². The molecule has 1 heterocycles. The maximum atomic E-state index is 13.5. The quantitative estimate of drug-likeness (QED) is 0.797. The fourth-order valence-corrected chi connectivity index (χ4v) is 2.11. The van der Waals surface area contributed by atoms with E-state index in [0.29, 0.717) is 24.8 Å². The van der Waals surface area contributed by atoms with E-state index in [-0.39, 0.29) is 17.5 Å². The normalized spacial score (nSPS) is 20.1. The maximum Gasteiger partial charge on any atom is 0.227 e. The average Bonchev–Trinajstić information content (AvgIpc) is 2.65. The molecule has 0 radical (unpaired) electrons. The summed E-state index contributed by atoms with van der Waals surface area (Å²) in [6, 6.07) is 1.51. The molecule has 0 saturated carbocycles. The topological polar surface area (TPSA) is 40.5 Å². The Kier molecular flexibility index (Phi) is 3.24. The molecule has 1 amide bonds. The minimum atomic E-state index is -1.04. The minimum absolute atomic E-state index is 0.0532. The van der Waals surface area contributed by atoms with E-state index >= 15 is 0 Å². The molecule has 3 nitrogen and oxygen atoms in total. The smallest absolute Gasteiger partial charge is 0.227 e. The molecule has 1 saturated heterocycles. The second-order valence-electron chi connectivity index (χ2n) is 4.01. The molecule has 0 spiro atoms. The maximum absolute atomic E-state index is 13.5. The van der Waals surface area contributed by atoms with Crippen molar-refractivity contribution in [3.8, 4) is 5.75 Å². The van der Waals surface area contributed by atoms with Crippen LogP contribution in [0, 0.1) is 17.6 Å². The van der Waals surface area contributed by atoms with Gasteiger partial charge in [0, 0.05) is 25.1 Å². The van der Waals surface area contributed by atoms with E-state index < -0.39 is 17.4 Å². The van der Waals surface area contributed by atoms with Gasteiger partial charge in [-0.05, 0) is 11.7 Å². The van der Waals surface area contributed by atoms with Crippen LogP contribution >= 0.6 is 12.6 Å². The number of thiol groups is 1. The summed E-state index contributed by atoms with van der Waals surface area (Å²) < 4.78 is 26.4. The third-order valence-electron chi connectivity index (χ3n) is 2.77. The Bertz CT molecular complexity index is 467. The van der Waals surface area contributed by atoms with Crippen LogP contribution in [-0.4, -0.2) is 23.3 Å². The molecular formula is C11H11F2NO2S. The Labute approximate surface area is 102 Å². The van der Waals surface area contributed by atoms with Crippen molar-refractivity contribution >= 4 is 24.2 Å². The molecule has 0 aliphatic carbocycles. The SMILES string of the molecule is O=C1CC(CS)CN1c1cc(O)c(F)cc1F. The molecule has 1 aliphatic rings. The van der Waals surface area contributed by atoms with Crippen molar-refractivity contribution in [2.24, 2.45) is 5.92 Å². The van der Waals surface area contributed by atoms with E-state index in [0.717, 1.165) is 6.07 Å². The van der Waals surface area contributed by atoms with Crippen molar-refractivity contribution in [1.82, 2.24) is 0 Å². The predicted octanol–water partition coefficient (Wildman–Crippen LogP) is 1.95. The molecule has 1 aromatic carbocycles. The number of anilines is 1. The Morgan fingerprint density at radius 3 is 2.71 bits per heavy atom. The number of carbonyl (C=O) groups excluding carboxylic acids is 1. The Balaban J connectivity index is 2.35. The highest BCUT2D eigenvalue weighted by atomic mass is 32.1. The number of nitrogens with zero attached hydrogens (tertiary/aromatic N) is 1. The fraction of sp³-hybridized carbons (Fsp3) is 0.364. The van der Waals surface area contributed by atoms with Crippen LogP contribution in [0.3, 0.4) is 0 Å². The van der Waals surface area contributed by atoms with Gasteiger partial charge in [0.1, 0.15) is 5.82 Å². The van der Waals surface area contributed by atoms with Crippen LogP contribution in [0.1, 0.15) is 6.42 Å². The van der Waals surface area contributed by atoms with Crippen LogP contribution in [0.25, 0.3) is 0 Å². The second-order valence-corrected chi connectivity index (χ2v) is 4.38. The number of carbonyl (C=O) groups is 1. The van der Waals surface area contributed by atoms with Gasteiger partial charge in [-0.2, -0.15) is 12.6 Å². The molecule has 17 heavy (non-hydrogen) atoms. The molecular weight excluding hydrogens is 248 g/mol. The van der Waals surface area contributed by atoms with Crippen molar-refractivity contribution in [2.75, 3.05) is 17.2 Å². The standard InChI is InChI=1S/C11H11F2NO2S/c12-7-2-8(13)10(15)3-9(7)14-4-6(5-17)1-11(14)16/h2-3,6,15,17H,1,4-5H2. The van der Waals surface area contributed by atoms with Crippen LogP contribution in [0.15, 0.2) is 12.1 Å². The number of hydrogen-bond donors (Lipinski definition) is 2. The lowest BCUT2D eigenvalue weighted by Crippen LogP contribution is -2.25. The monoisotopic (exact) mass is 259 g/mol. The molecule has 2 rings (SSSR count). The number of halogens is 2. The van der Waals surface area contributed by atoms with Crippen LogP contribution in [0.5, 0.6) is 5.75 Å². The molecule has 1 unspecified atom stereocenters. The summed E-state index contributed by atoms with van der Waals surface area (Å²) in [4.78, 5) is 12.9. The van der Waals surface area contributed by atoms with Crippen molar-refractivity contribution in [2.45, 2.75) is 6.42 Å². The van der Waals surface area contributed by atoms with Gasteiger partial charge in [-0.3, -0.25) is 4.79 Å². The molecule has 1 fully saturated rings. The van der Waals surface area contributed by atoms with Gasteiger partial charge in [-0.25, -0.2) is 8.78 Å². The summed E-state index contributed by atoms with van der Waals surface area (Å²) >= 11 is 4.09. The van der Waals surface area contributed by atoms with Gasteiger partial charge in [0.15, 0.2) is 11.6 Å². The Hall–Kier alpha value is -1.30. The zero-order valence-electron chi connectivity index (χ0n) is 8.86. The third kappa shape index (κ3) is 2.22. The fourth-order valence-electron chi connectivity index (χ4n) is 1.87. The average molecular weight is 259 g/mol. The number of benzene rings is 1. The highest BCUT2D eigenvalue weighted by Crippen LogP contribution is 2.31. The molecule has 0 bridgehead atoms. The first kappa shape index (κ1) is 12.2. The zero-order chi connectivity index (χ0) is 12.6. The van der Waals surface area contributed by atoms with Crippen LogP contribution in [-0.2, 0) is 4.79 Å². The van der Waals surface area contributed by atoms with Gasteiger partial charge < -0.3 is 10.0 Å². The van der Waals surface area contributed by atoms with Crippen LogP contribution in [0.4, 0.5) is 14.5 Å². The van der Waals surface area contributed by atoms with E-state index in [1.807, 2.05) is 0 Å². The van der Waals surface area contributed by atoms with Gasteiger partial charge in [-0.15, -0.1) is 0 Å². The van der Waals surface area contributed by atoms with Gasteiger partial charge in [0.05, 0.1) is 5.69 Å². The molecule has 0 aromatic heterocycles. The molecule has 1 N–H and O–H groups in total. The van der Waals surface area contributed by atoms with Gasteiger partial charge in [0.25, 0.3) is 0 Å². The van der Waals surface area contributed by atoms with Gasteiger partial charge >= 0.3 is 0 Å².